The molecule has 0 bridgehead atoms. The van der Waals surface area contributed by atoms with Crippen LogP contribution in [-0.2, 0) is 13.0 Å². The predicted octanol–water partition coefficient (Wildman–Crippen LogP) is 2.15. The van der Waals surface area contributed by atoms with Crippen LogP contribution in [0.1, 0.15) is 31.5 Å². The van der Waals surface area contributed by atoms with Gasteiger partial charge in [-0.2, -0.15) is 10.1 Å². The van der Waals surface area contributed by atoms with Crippen LogP contribution in [0, 0.1) is 6.92 Å². The molecule has 21 heavy (non-hydrogen) atoms. The van der Waals surface area contributed by atoms with E-state index in [2.05, 4.69) is 43.4 Å². The molecule has 2 aromatic rings. The quantitative estimate of drug-likeness (QED) is 0.818. The molecule has 0 radical (unpaired) electrons. The molecule has 0 aliphatic rings. The number of rotatable bonds is 7. The van der Waals surface area contributed by atoms with Crippen LogP contribution < -0.4 is 10.9 Å². The zero-order valence-corrected chi connectivity index (χ0v) is 13.7. The van der Waals surface area contributed by atoms with Gasteiger partial charge in [-0.3, -0.25) is 4.79 Å². The van der Waals surface area contributed by atoms with Crippen LogP contribution >= 0.6 is 15.9 Å². The normalized spacial score (nSPS) is 10.8. The summed E-state index contributed by atoms with van der Waals surface area (Å²) in [5.74, 6) is 1.19. The molecule has 0 aliphatic heterocycles. The maximum Gasteiger partial charge on any atom is 0.283 e. The second-order valence-electron chi connectivity index (χ2n) is 4.66. The highest BCUT2D eigenvalue weighted by molar-refractivity contribution is 9.10. The molecule has 8 heteroatoms. The van der Waals surface area contributed by atoms with E-state index >= 15 is 0 Å². The first kappa shape index (κ1) is 15.7. The first-order valence-electron chi connectivity index (χ1n) is 6.90. The lowest BCUT2D eigenvalue weighted by atomic mass is 10.3. The Balaban J connectivity index is 1.97. The summed E-state index contributed by atoms with van der Waals surface area (Å²) in [5, 5.41) is 11.1. The number of aryl methyl sites for hydroxylation is 2. The second-order valence-corrected chi connectivity index (χ2v) is 5.45. The molecule has 0 amide bonds. The minimum absolute atomic E-state index is 0.121. The van der Waals surface area contributed by atoms with Gasteiger partial charge in [0.25, 0.3) is 5.56 Å². The van der Waals surface area contributed by atoms with Gasteiger partial charge in [-0.15, -0.1) is 0 Å². The van der Waals surface area contributed by atoms with E-state index in [1.54, 1.807) is 13.1 Å². The molecular weight excluding hydrogens is 338 g/mol. The van der Waals surface area contributed by atoms with Gasteiger partial charge in [-0.25, -0.2) is 4.68 Å². The molecule has 2 heterocycles. The Morgan fingerprint density at radius 2 is 2.29 bits per heavy atom. The van der Waals surface area contributed by atoms with E-state index in [-0.39, 0.29) is 5.56 Å². The number of hydrogen-bond acceptors (Lipinski definition) is 6. The highest BCUT2D eigenvalue weighted by Crippen LogP contribution is 2.16. The number of unbranched alkanes of at least 4 members (excludes halogenated alkanes) is 1. The van der Waals surface area contributed by atoms with Crippen LogP contribution in [-0.4, -0.2) is 26.5 Å². The number of hydrogen-bond donors (Lipinski definition) is 1. The van der Waals surface area contributed by atoms with E-state index in [9.17, 15) is 4.79 Å². The maximum absolute atomic E-state index is 12.1. The lowest BCUT2D eigenvalue weighted by Crippen LogP contribution is -2.25. The van der Waals surface area contributed by atoms with Crippen molar-refractivity contribution >= 4 is 21.6 Å². The van der Waals surface area contributed by atoms with Gasteiger partial charge in [0, 0.05) is 26.4 Å². The summed E-state index contributed by atoms with van der Waals surface area (Å²) in [4.78, 5) is 16.2. The van der Waals surface area contributed by atoms with Crippen molar-refractivity contribution in [2.75, 3.05) is 11.9 Å². The second kappa shape index (κ2) is 7.35. The van der Waals surface area contributed by atoms with Crippen molar-refractivity contribution in [3.63, 3.8) is 0 Å². The Kier molecular flexibility index (Phi) is 5.49. The minimum Gasteiger partial charge on any atom is -0.382 e. The number of aromatic nitrogens is 4. The van der Waals surface area contributed by atoms with E-state index in [1.807, 2.05) is 0 Å². The zero-order valence-electron chi connectivity index (χ0n) is 12.1. The van der Waals surface area contributed by atoms with Crippen molar-refractivity contribution in [3.8, 4) is 0 Å². The lowest BCUT2D eigenvalue weighted by molar-refractivity contribution is 0.387. The average Bonchev–Trinajstić information content (AvgIpc) is 2.88. The van der Waals surface area contributed by atoms with Crippen LogP contribution in [0.15, 0.2) is 20.0 Å². The number of anilines is 1. The fourth-order valence-corrected chi connectivity index (χ4v) is 2.25. The molecule has 0 unspecified atom stereocenters. The average molecular weight is 356 g/mol. The molecule has 0 saturated carbocycles. The molecule has 0 atom stereocenters. The van der Waals surface area contributed by atoms with Crippen LogP contribution in [0.4, 0.5) is 5.69 Å². The third-order valence-corrected chi connectivity index (χ3v) is 3.71. The van der Waals surface area contributed by atoms with Crippen molar-refractivity contribution in [2.24, 2.45) is 0 Å². The standard InChI is InChI=1S/C13H18BrN5O2/c1-3-4-7-19-13(20)12(14)10(8-16-19)15-6-5-11-17-9(2)21-18-11/h8,15H,3-7H2,1-2H3. The highest BCUT2D eigenvalue weighted by Gasteiger charge is 2.09. The molecule has 0 aromatic carbocycles. The van der Waals surface area contributed by atoms with E-state index in [4.69, 9.17) is 4.52 Å². The zero-order chi connectivity index (χ0) is 15.2. The Labute approximate surface area is 130 Å². The molecule has 0 fully saturated rings. The fraction of sp³-hybridized carbons (Fsp3) is 0.538. The summed E-state index contributed by atoms with van der Waals surface area (Å²) >= 11 is 3.33. The maximum atomic E-state index is 12.1. The third-order valence-electron chi connectivity index (χ3n) is 2.94. The van der Waals surface area contributed by atoms with E-state index in [0.29, 0.717) is 41.4 Å². The Morgan fingerprint density at radius 1 is 1.48 bits per heavy atom. The minimum atomic E-state index is -0.121. The number of halogens is 1. The van der Waals surface area contributed by atoms with Crippen LogP contribution in [0.3, 0.4) is 0 Å². The molecule has 0 aliphatic carbocycles. The van der Waals surface area contributed by atoms with Gasteiger partial charge in [0.15, 0.2) is 5.82 Å². The first-order valence-corrected chi connectivity index (χ1v) is 7.69. The molecule has 2 aromatic heterocycles. The van der Waals surface area contributed by atoms with E-state index in [1.165, 1.54) is 4.68 Å². The van der Waals surface area contributed by atoms with Gasteiger partial charge in [-0.05, 0) is 22.4 Å². The van der Waals surface area contributed by atoms with Gasteiger partial charge in [-0.1, -0.05) is 18.5 Å². The summed E-state index contributed by atoms with van der Waals surface area (Å²) in [5.41, 5.74) is 0.553. The van der Waals surface area contributed by atoms with Crippen molar-refractivity contribution in [1.82, 2.24) is 19.9 Å². The molecule has 0 spiro atoms. The monoisotopic (exact) mass is 355 g/mol. The molecule has 0 saturated heterocycles. The topological polar surface area (TPSA) is 85.8 Å². The van der Waals surface area contributed by atoms with E-state index < -0.39 is 0 Å². The molecule has 114 valence electrons. The predicted molar refractivity (Wildman–Crippen MR) is 82.3 cm³/mol. The third kappa shape index (κ3) is 4.13. The van der Waals surface area contributed by atoms with Gasteiger partial charge in [0.1, 0.15) is 4.47 Å². The van der Waals surface area contributed by atoms with Crippen LogP contribution in [0.25, 0.3) is 0 Å². The number of nitrogens with zero attached hydrogens (tertiary/aromatic N) is 4. The summed E-state index contributed by atoms with van der Waals surface area (Å²) in [6.07, 6.45) is 4.23. The van der Waals surface area contributed by atoms with Gasteiger partial charge in [0.2, 0.25) is 5.89 Å². The summed E-state index contributed by atoms with van der Waals surface area (Å²) in [6, 6.07) is 0. The molecule has 7 nitrogen and oxygen atoms in total. The van der Waals surface area contributed by atoms with Gasteiger partial charge < -0.3 is 9.84 Å². The SMILES string of the molecule is CCCCn1ncc(NCCc2noc(C)n2)c(Br)c1=O. The van der Waals surface area contributed by atoms with Crippen LogP contribution in [0.5, 0.6) is 0 Å². The van der Waals surface area contributed by atoms with Gasteiger partial charge in [0.05, 0.1) is 11.9 Å². The molecule has 1 N–H and O–H groups in total. The highest BCUT2D eigenvalue weighted by atomic mass is 79.9. The smallest absolute Gasteiger partial charge is 0.283 e. The Hall–Kier alpha value is -1.70. The van der Waals surface area contributed by atoms with E-state index in [0.717, 1.165) is 12.8 Å². The molecule has 2 rings (SSSR count). The Bertz CT molecular complexity index is 652. The van der Waals surface area contributed by atoms with Crippen molar-refractivity contribution in [3.05, 3.63) is 32.7 Å². The summed E-state index contributed by atoms with van der Waals surface area (Å²) < 4.78 is 6.87. The van der Waals surface area contributed by atoms with Gasteiger partial charge >= 0.3 is 0 Å². The molecular formula is C13H18BrN5O2. The van der Waals surface area contributed by atoms with Crippen molar-refractivity contribution in [1.29, 1.82) is 0 Å². The van der Waals surface area contributed by atoms with Crippen LogP contribution in [0.2, 0.25) is 0 Å². The lowest BCUT2D eigenvalue weighted by Gasteiger charge is -2.09. The van der Waals surface area contributed by atoms with Crippen molar-refractivity contribution < 1.29 is 4.52 Å². The van der Waals surface area contributed by atoms with Crippen molar-refractivity contribution in [2.45, 2.75) is 39.7 Å². The Morgan fingerprint density at radius 3 is 2.95 bits per heavy atom. The largest absolute Gasteiger partial charge is 0.382 e. The fourth-order valence-electron chi connectivity index (χ4n) is 1.81. The summed E-state index contributed by atoms with van der Waals surface area (Å²) in [7, 11) is 0. The first-order chi connectivity index (χ1) is 10.1. The summed E-state index contributed by atoms with van der Waals surface area (Å²) in [6.45, 7) is 5.06. The number of nitrogens with one attached hydrogen (secondary N) is 1.